The molecule has 3 nitrogen and oxygen atoms in total. The van der Waals surface area contributed by atoms with E-state index in [9.17, 15) is 10.2 Å². The van der Waals surface area contributed by atoms with Crippen LogP contribution in [0.25, 0.3) is 44.8 Å². The molecule has 378 valence electrons. The minimum absolute atomic E-state index is 0. The summed E-state index contributed by atoms with van der Waals surface area (Å²) >= 11 is 0. The molecule has 0 atom stereocenters. The largest absolute Gasteiger partial charge is 0.507 e. The summed E-state index contributed by atoms with van der Waals surface area (Å²) in [4.78, 5) is 5.48. The second-order valence-electron chi connectivity index (χ2n) is 28.4. The third-order valence-electron chi connectivity index (χ3n) is 16.9. The molecule has 0 saturated heterocycles. The topological polar surface area (TPSA) is 53.4 Å². The Morgan fingerprint density at radius 1 is 0.437 bits per heavy atom. The average Bonchev–Trinajstić information content (AvgIpc) is 3.24. The van der Waals surface area contributed by atoms with Gasteiger partial charge in [0.15, 0.2) is 0 Å². The van der Waals surface area contributed by atoms with Crippen LogP contribution >= 0.6 is 0 Å². The van der Waals surface area contributed by atoms with Gasteiger partial charge in [0.25, 0.3) is 0 Å². The zero-order chi connectivity index (χ0) is 50.3. The maximum atomic E-state index is 12.6. The third-order valence-corrected chi connectivity index (χ3v) is 16.9. The van der Waals surface area contributed by atoms with Crippen LogP contribution in [0.2, 0.25) is 39.3 Å². The zero-order valence-electron chi connectivity index (χ0n) is 45.9. The molecule has 71 heavy (non-hydrogen) atoms. The van der Waals surface area contributed by atoms with E-state index in [1.54, 1.807) is 0 Å². The summed E-state index contributed by atoms with van der Waals surface area (Å²) in [6.07, 6.45) is 15.5. The van der Waals surface area contributed by atoms with Gasteiger partial charge in [0.1, 0.15) is 11.5 Å². The summed E-state index contributed by atoms with van der Waals surface area (Å²) < 4.78 is 0. The number of hydrogen-bond acceptors (Lipinski definition) is 3. The van der Waals surface area contributed by atoms with E-state index in [4.69, 9.17) is 4.98 Å². The van der Waals surface area contributed by atoms with Gasteiger partial charge < -0.3 is 23.3 Å². The molecule has 8 bridgehead atoms. The van der Waals surface area contributed by atoms with Crippen LogP contribution in [0.5, 0.6) is 11.5 Å². The standard InChI is InChI=1S/C57H65NO2.2C4H11Si.Zr/c1-54(2,3)40-24-46(52(59)48(26-40)56-28-34-18-35(29-56)20-36(19-34)30-56)42-12-7-9-14-44(42)50-16-11-17-51(58-50)45-15-10-8-13-43(45)47-25-41(55(4,5)6)27-49(53(47)60)57-31-37-21-38(32-57)23-39(22-37)33-57;2*1-5(2,3)4;/h7-17,24-27,34-39,59-60H,18-23,28-33H2,1-6H3;2*1H2,2-4H3;/q;2*-1;. The Morgan fingerprint density at radius 3 is 0.972 bits per heavy atom. The molecule has 0 spiro atoms. The first kappa shape index (κ1) is 54.2. The fourth-order valence-electron chi connectivity index (χ4n) is 14.9. The smallest absolute Gasteiger partial charge is 0.127 e. The molecule has 8 saturated carbocycles. The number of nitrogens with zero attached hydrogens (tertiary/aromatic N) is 1. The van der Waals surface area contributed by atoms with Gasteiger partial charge in [-0.3, -0.25) is 0 Å². The Morgan fingerprint density at radius 2 is 0.704 bits per heavy atom. The molecule has 6 heteroatoms. The number of aromatic hydroxyl groups is 2. The van der Waals surface area contributed by atoms with E-state index < -0.39 is 16.1 Å². The molecule has 0 radical (unpaired) electrons. The molecule has 2 N–H and O–H groups in total. The molecule has 1 heterocycles. The number of phenolic OH excluding ortho intramolecular Hbond substituents is 2. The molecule has 0 unspecified atom stereocenters. The normalized spacial score (nSPS) is 27.3. The molecule has 13 rings (SSSR count). The molecule has 1 aromatic heterocycles. The van der Waals surface area contributed by atoms with Gasteiger partial charge in [-0.1, -0.05) is 148 Å². The van der Waals surface area contributed by atoms with Crippen LogP contribution in [0.3, 0.4) is 0 Å². The molecule has 4 aromatic carbocycles. The predicted octanol–water partition coefficient (Wildman–Crippen LogP) is 18.1. The van der Waals surface area contributed by atoms with Gasteiger partial charge in [0, 0.05) is 59.6 Å². The van der Waals surface area contributed by atoms with Crippen LogP contribution in [0.4, 0.5) is 0 Å². The van der Waals surface area contributed by atoms with Gasteiger partial charge >= 0.3 is 0 Å². The first-order chi connectivity index (χ1) is 32.6. The molecule has 5 aromatic rings. The van der Waals surface area contributed by atoms with Gasteiger partial charge in [0.2, 0.25) is 0 Å². The van der Waals surface area contributed by atoms with E-state index in [1.807, 2.05) is 0 Å². The minimum Gasteiger partial charge on any atom is -0.507 e. The van der Waals surface area contributed by atoms with Crippen molar-refractivity contribution < 1.29 is 36.4 Å². The summed E-state index contributed by atoms with van der Waals surface area (Å²) in [5.74, 6) is 5.71. The number of phenols is 2. The van der Waals surface area contributed by atoms with Crippen molar-refractivity contribution in [3.05, 3.63) is 126 Å². The van der Waals surface area contributed by atoms with Crippen molar-refractivity contribution in [3.63, 3.8) is 0 Å². The van der Waals surface area contributed by atoms with Crippen LogP contribution in [0.1, 0.15) is 141 Å². The maximum absolute atomic E-state index is 12.6. The summed E-state index contributed by atoms with van der Waals surface area (Å²) in [6, 6.07) is 32.8. The second kappa shape index (κ2) is 19.9. The third kappa shape index (κ3) is 11.8. The Hall–Kier alpha value is -3.05. The Balaban J connectivity index is 0.000000562. The molecule has 8 aliphatic rings. The molecule has 0 aliphatic heterocycles. The molecular weight excluding hydrogens is 974 g/mol. The van der Waals surface area contributed by atoms with Crippen LogP contribution in [-0.2, 0) is 47.9 Å². The number of hydrogen-bond donors (Lipinski definition) is 2. The monoisotopic (exact) mass is 1060 g/mol. The summed E-state index contributed by atoms with van der Waals surface area (Å²) in [5, 5.41) is 25.2. The van der Waals surface area contributed by atoms with Crippen molar-refractivity contribution in [1.29, 1.82) is 0 Å². The van der Waals surface area contributed by atoms with Crippen molar-refractivity contribution in [2.24, 2.45) is 35.5 Å². The van der Waals surface area contributed by atoms with Gasteiger partial charge in [-0.2, -0.15) is 0 Å². The number of aromatic nitrogens is 1. The Bertz CT molecular complexity index is 2460. The Kier molecular flexibility index (Phi) is 15.2. The quantitative estimate of drug-likeness (QED) is 0.132. The van der Waals surface area contributed by atoms with E-state index in [1.165, 1.54) is 99.3 Å². The molecule has 0 amide bonds. The van der Waals surface area contributed by atoms with Crippen molar-refractivity contribution in [2.75, 3.05) is 0 Å². The number of rotatable bonds is 6. The van der Waals surface area contributed by atoms with Crippen molar-refractivity contribution in [1.82, 2.24) is 4.98 Å². The van der Waals surface area contributed by atoms with Crippen LogP contribution in [0, 0.1) is 48.6 Å². The molecule has 8 aliphatic carbocycles. The van der Waals surface area contributed by atoms with E-state index in [-0.39, 0.29) is 47.9 Å². The maximum Gasteiger partial charge on any atom is 0.127 e. The molecular formula is C65H87NO2Si2Zr-2. The second-order valence-corrected chi connectivity index (χ2v) is 38.6. The van der Waals surface area contributed by atoms with E-state index in [0.29, 0.717) is 11.5 Å². The van der Waals surface area contributed by atoms with Gasteiger partial charge in [0.05, 0.1) is 11.4 Å². The van der Waals surface area contributed by atoms with Crippen molar-refractivity contribution in [3.8, 4) is 56.3 Å². The van der Waals surface area contributed by atoms with Crippen molar-refractivity contribution >= 4 is 16.1 Å². The first-order valence-corrected chi connectivity index (χ1v) is 34.7. The van der Waals surface area contributed by atoms with Gasteiger partial charge in [-0.15, -0.1) is 16.1 Å². The van der Waals surface area contributed by atoms with Crippen LogP contribution in [-0.4, -0.2) is 31.3 Å². The summed E-state index contributed by atoms with van der Waals surface area (Å²) in [5.41, 5.74) is 12.7. The Labute approximate surface area is 452 Å². The number of pyridine rings is 1. The first-order valence-electron chi connectivity index (χ1n) is 27.3. The minimum atomic E-state index is -0.861. The molecule has 8 fully saturated rings. The fraction of sp³-hybridized carbons (Fsp3) is 0.523. The van der Waals surface area contributed by atoms with E-state index in [2.05, 4.69) is 185 Å². The van der Waals surface area contributed by atoms with Crippen molar-refractivity contribution in [2.45, 2.75) is 180 Å². The van der Waals surface area contributed by atoms with E-state index in [0.717, 1.165) is 80.3 Å². The zero-order valence-corrected chi connectivity index (χ0v) is 50.3. The SMILES string of the molecule is CC(C)(C)c1cc(-c2ccccc2-c2cccc(-c3ccccc3-c3cc(C(C)(C)C)cc(C45CC6CC(CC(C6)C4)C5)c3O)n2)c(O)c(C23CC4CC(CC(C4)C2)C3)c1.[CH2-][Si](C)(C)C.[CH2-][Si](C)(C)C.[Zr]. The fourth-order valence-corrected chi connectivity index (χ4v) is 14.9. The van der Waals surface area contributed by atoms with Gasteiger partial charge in [-0.05, 0) is 181 Å². The van der Waals surface area contributed by atoms with Crippen LogP contribution in [0.15, 0.2) is 91.0 Å². The predicted molar refractivity (Wildman–Crippen MR) is 304 cm³/mol. The number of benzene rings is 4. The van der Waals surface area contributed by atoms with Crippen LogP contribution < -0.4 is 0 Å². The summed E-state index contributed by atoms with van der Waals surface area (Å²) in [6.45, 7) is 35.0. The summed E-state index contributed by atoms with van der Waals surface area (Å²) in [7, 11) is -1.72. The average molecular weight is 1060 g/mol. The van der Waals surface area contributed by atoms with Gasteiger partial charge in [-0.25, -0.2) is 4.98 Å². The van der Waals surface area contributed by atoms with E-state index >= 15 is 0 Å².